The molecule has 286 valence electrons. The van der Waals surface area contributed by atoms with Crippen LogP contribution in [0.5, 0.6) is 0 Å². The van der Waals surface area contributed by atoms with Crippen LogP contribution in [-0.4, -0.2) is 93.0 Å². The molecule has 0 aliphatic carbocycles. The van der Waals surface area contributed by atoms with E-state index in [-0.39, 0.29) is 29.2 Å². The fourth-order valence-electron chi connectivity index (χ4n) is 2.05. The monoisotopic (exact) mass is 770 g/mol. The van der Waals surface area contributed by atoms with Gasteiger partial charge >= 0.3 is 57.8 Å². The Kier molecular flexibility index (Phi) is 18.3. The maximum absolute atomic E-state index is 13.3. The Balaban J connectivity index is -0.000000222. The smallest absolute Gasteiger partial charge is 0.293 e. The zero-order chi connectivity index (χ0) is 35.7. The summed E-state index contributed by atoms with van der Waals surface area (Å²) in [5, 5.41) is -6.98. The minimum absolute atomic E-state index is 0. The van der Waals surface area contributed by atoms with Crippen LogP contribution in [0.1, 0.15) is 29.2 Å². The highest BCUT2D eigenvalue weighted by atomic mass is 32.2. The molecule has 29 heteroatoms. The number of hydrogen-bond acceptors (Lipinski definition) is 6. The summed E-state index contributed by atoms with van der Waals surface area (Å²) in [6.45, 7) is -5.63. The zero-order valence-electron chi connectivity index (χ0n) is 19.7. The van der Waals surface area contributed by atoms with Gasteiger partial charge in [0, 0.05) is 6.92 Å². The molecule has 46 heavy (non-hydrogen) atoms. The van der Waals surface area contributed by atoms with Gasteiger partial charge in [0.05, 0.1) is 7.18 Å². The molecule has 0 saturated carbocycles. The van der Waals surface area contributed by atoms with E-state index in [0.29, 0.717) is 7.18 Å². The highest BCUT2D eigenvalue weighted by Crippen LogP contribution is 2.58. The van der Waals surface area contributed by atoms with Gasteiger partial charge in [-0.15, -0.1) is 0 Å². The molecule has 1 N–H and O–H groups in total. The van der Waals surface area contributed by atoms with Gasteiger partial charge in [0.15, 0.2) is 13.5 Å². The highest BCUT2D eigenvalue weighted by Gasteiger charge is 2.86. The molecule has 3 atom stereocenters. The summed E-state index contributed by atoms with van der Waals surface area (Å²) < 4.78 is 297. The average Bonchev–Trinajstić information content (AvgIpc) is 3.00. The second kappa shape index (κ2) is 15.7. The molecule has 1 aliphatic heterocycles. The Morgan fingerprint density at radius 2 is 1.04 bits per heavy atom. The van der Waals surface area contributed by atoms with Crippen LogP contribution in [0, 0.1) is 0 Å². The van der Waals surface area contributed by atoms with E-state index in [4.69, 9.17) is 4.55 Å². The van der Waals surface area contributed by atoms with E-state index in [0.717, 1.165) is 0 Å². The molecule has 1 rings (SSSR count). The largest absolute Gasteiger partial charge is 0.460 e. The van der Waals surface area contributed by atoms with Gasteiger partial charge in [-0.25, -0.2) is 17.6 Å². The van der Waals surface area contributed by atoms with Crippen LogP contribution in [0.4, 0.5) is 92.2 Å². The Labute approximate surface area is 244 Å². The van der Waals surface area contributed by atoms with Gasteiger partial charge in [0.2, 0.25) is 0 Å². The average molecular weight is 770 g/mol. The molecule has 0 bridgehead atoms. The summed E-state index contributed by atoms with van der Waals surface area (Å²) in [5.74, 6) is -21.4. The van der Waals surface area contributed by atoms with E-state index in [2.05, 4.69) is 14.2 Å². The van der Waals surface area contributed by atoms with E-state index in [9.17, 15) is 101 Å². The van der Waals surface area contributed by atoms with Crippen molar-refractivity contribution in [3.8, 4) is 0 Å². The molecule has 1 saturated heterocycles. The summed E-state index contributed by atoms with van der Waals surface area (Å²) in [6.07, 6.45) is -33.7. The van der Waals surface area contributed by atoms with Gasteiger partial charge < -0.3 is 0 Å². The minimum Gasteiger partial charge on any atom is -0.293 e. The molecule has 1 aliphatic rings. The molecule has 0 radical (unpaired) electrons. The molecule has 0 aromatic heterocycles. The van der Waals surface area contributed by atoms with Crippen LogP contribution in [-0.2, 0) is 29.1 Å². The summed E-state index contributed by atoms with van der Waals surface area (Å²) >= 11 is 0. The number of hydrogen-bond donors (Lipinski definition) is 1. The van der Waals surface area contributed by atoms with Crippen LogP contribution < -0.4 is 0 Å². The van der Waals surface area contributed by atoms with Crippen molar-refractivity contribution < 1.29 is 124 Å². The van der Waals surface area contributed by atoms with E-state index in [1.807, 2.05) is 0 Å². The molecule has 7 nitrogen and oxygen atoms in total. The van der Waals surface area contributed by atoms with Crippen LogP contribution in [0.2, 0.25) is 0 Å². The Morgan fingerprint density at radius 3 is 1.24 bits per heavy atom. The van der Waals surface area contributed by atoms with Crippen molar-refractivity contribution in [2.24, 2.45) is 0 Å². The van der Waals surface area contributed by atoms with Crippen LogP contribution in [0.15, 0.2) is 0 Å². The second-order valence-corrected chi connectivity index (χ2v) is 8.53. The number of ether oxygens (including phenoxy) is 4. The van der Waals surface area contributed by atoms with Gasteiger partial charge in [-0.2, -0.15) is 78.7 Å². The predicted molar refractivity (Wildman–Crippen MR) is 108 cm³/mol. The molecule has 3 unspecified atom stereocenters. The quantitative estimate of drug-likeness (QED) is 0.196. The molecule has 1 heterocycles. The van der Waals surface area contributed by atoms with Crippen molar-refractivity contribution in [2.75, 3.05) is 20.7 Å². The fraction of sp³-hybridized carbons (Fsp3) is 1.00. The third-order valence-electron chi connectivity index (χ3n) is 4.13. The Hall–Kier alpha value is -1.72. The lowest BCUT2D eigenvalue weighted by atomic mass is 10.2. The van der Waals surface area contributed by atoms with Gasteiger partial charge in [-0.3, -0.25) is 27.9 Å². The second-order valence-electron chi connectivity index (χ2n) is 7.07. The molecule has 1 fully saturated rings. The Bertz CT molecular complexity index is 1010. The predicted octanol–water partition coefficient (Wildman–Crippen LogP) is 8.51. The zero-order valence-corrected chi connectivity index (χ0v) is 20.5. The molecule has 0 aromatic rings. The summed E-state index contributed by atoms with van der Waals surface area (Å²) in [4.78, 5) is 0. The van der Waals surface area contributed by atoms with Crippen LogP contribution >= 0.6 is 0 Å². The van der Waals surface area contributed by atoms with Gasteiger partial charge in [0.25, 0.3) is 11.7 Å². The lowest BCUT2D eigenvalue weighted by Crippen LogP contribution is -2.64. The lowest BCUT2D eigenvalue weighted by molar-refractivity contribution is -0.515. The number of halogens is 21. The SMILES string of the molecule is C.C.C.CC1(F)OC(C(F)(F)F)(C(F)(F)F)OC1(F)CF.CF.O=S(=O)(O)C(F)(F)C(F)(F)OC(F)(C(F)(F)F)C(F)(F)OCF. The highest BCUT2D eigenvalue weighted by molar-refractivity contribution is 7.86. The number of rotatable bonds is 8. The fourth-order valence-corrected chi connectivity index (χ4v) is 2.40. The first-order chi connectivity index (χ1) is 18.5. The molecule has 0 spiro atoms. The molecule has 0 amide bonds. The van der Waals surface area contributed by atoms with Crippen molar-refractivity contribution in [3.05, 3.63) is 0 Å². The summed E-state index contributed by atoms with van der Waals surface area (Å²) in [6, 6.07) is 0. The van der Waals surface area contributed by atoms with Crippen molar-refractivity contribution in [1.82, 2.24) is 0 Å². The van der Waals surface area contributed by atoms with Crippen molar-refractivity contribution >= 4 is 10.1 Å². The van der Waals surface area contributed by atoms with Crippen molar-refractivity contribution in [2.45, 2.75) is 88.6 Å². The first kappa shape index (κ1) is 53.8. The standard InChI is InChI=1S/C7H5F9O2.C6H3F11O5S.CH3F.3CH4/c1-3(9)4(10,2-8)18-5(17-3,6(11,12)13)7(14,15)16;7-1-21-4(12,13)2(8,3(9,10)11)22-5(14,15)6(16,17)23(18,19)20;1-2;;;/h2H2,1H3;1H2,(H,18,19,20);1H3;3*1H4. The third kappa shape index (κ3) is 9.68. The van der Waals surface area contributed by atoms with Crippen LogP contribution in [0.25, 0.3) is 0 Å². The van der Waals surface area contributed by atoms with Gasteiger partial charge in [-0.1, -0.05) is 22.3 Å². The molecule has 0 aromatic carbocycles. The van der Waals surface area contributed by atoms with Crippen molar-refractivity contribution in [1.29, 1.82) is 0 Å². The maximum Gasteiger partial charge on any atom is 0.460 e. The maximum atomic E-state index is 13.3. The van der Waals surface area contributed by atoms with Gasteiger partial charge in [-0.05, 0) is 0 Å². The Morgan fingerprint density at radius 1 is 0.696 bits per heavy atom. The summed E-state index contributed by atoms with van der Waals surface area (Å²) in [7, 11) is -6.74. The molecular weight excluding hydrogens is 747 g/mol. The van der Waals surface area contributed by atoms with E-state index >= 15 is 0 Å². The van der Waals surface area contributed by atoms with E-state index in [1.54, 1.807) is 4.74 Å². The summed E-state index contributed by atoms with van der Waals surface area (Å²) in [5.41, 5.74) is 0. The number of alkyl halides is 21. The first-order valence-electron chi connectivity index (χ1n) is 9.11. The normalized spacial score (nSPS) is 23.6. The topological polar surface area (TPSA) is 91.3 Å². The van der Waals surface area contributed by atoms with E-state index in [1.165, 1.54) is 0 Å². The minimum atomic E-state index is -7.24. The van der Waals surface area contributed by atoms with Crippen molar-refractivity contribution in [3.63, 3.8) is 0 Å². The van der Waals surface area contributed by atoms with Crippen LogP contribution in [0.3, 0.4) is 0 Å². The molecular formula is C17H23F21O7S. The van der Waals surface area contributed by atoms with Gasteiger partial charge in [0.1, 0.15) is 0 Å². The van der Waals surface area contributed by atoms with E-state index < -0.39 is 83.0 Å². The third-order valence-corrected chi connectivity index (χ3v) is 5.02. The first-order valence-corrected chi connectivity index (χ1v) is 10.5. The lowest BCUT2D eigenvalue weighted by Gasteiger charge is -2.36.